The number of hydrogen-bond donors (Lipinski definition) is 3. The van der Waals surface area contributed by atoms with Gasteiger partial charge in [-0.1, -0.05) is 30.3 Å². The second-order valence-electron chi connectivity index (χ2n) is 4.46. The van der Waals surface area contributed by atoms with Crippen molar-refractivity contribution in [1.29, 1.82) is 0 Å². The molecule has 6 nitrogen and oxygen atoms in total. The van der Waals surface area contributed by atoms with Gasteiger partial charge in [0.25, 0.3) is 0 Å². The Morgan fingerprint density at radius 3 is 2.45 bits per heavy atom. The van der Waals surface area contributed by atoms with Crippen LogP contribution in [0.4, 0.5) is 4.79 Å². The van der Waals surface area contributed by atoms with Gasteiger partial charge in [0.05, 0.1) is 6.61 Å². The molecule has 0 saturated carbocycles. The van der Waals surface area contributed by atoms with Crippen LogP contribution in [0.15, 0.2) is 30.3 Å². The highest BCUT2D eigenvalue weighted by Crippen LogP contribution is 2.02. The Bertz CT molecular complexity index is 436. The average Bonchev–Trinajstić information content (AvgIpc) is 2.44. The van der Waals surface area contributed by atoms with Crippen LogP contribution in [0.5, 0.6) is 0 Å². The highest BCUT2D eigenvalue weighted by molar-refractivity contribution is 5.82. The van der Waals surface area contributed by atoms with Gasteiger partial charge in [0.2, 0.25) is 0 Å². The number of benzene rings is 1. The molecule has 0 aliphatic rings. The molecule has 0 unspecified atom stereocenters. The molecule has 0 bridgehead atoms. The maximum absolute atomic E-state index is 11.9. The van der Waals surface area contributed by atoms with Crippen molar-refractivity contribution < 1.29 is 19.8 Å². The van der Waals surface area contributed by atoms with Crippen LogP contribution in [-0.4, -0.2) is 52.9 Å². The van der Waals surface area contributed by atoms with Gasteiger partial charge in [-0.05, 0) is 18.9 Å². The molecule has 2 amide bonds. The number of aliphatic carboxylic acids is 1. The van der Waals surface area contributed by atoms with E-state index in [1.165, 1.54) is 11.8 Å². The Hall–Kier alpha value is -2.08. The summed E-state index contributed by atoms with van der Waals surface area (Å²) in [4.78, 5) is 24.0. The monoisotopic (exact) mass is 280 g/mol. The van der Waals surface area contributed by atoms with E-state index < -0.39 is 18.0 Å². The highest BCUT2D eigenvalue weighted by Gasteiger charge is 2.18. The van der Waals surface area contributed by atoms with E-state index in [-0.39, 0.29) is 13.2 Å². The summed E-state index contributed by atoms with van der Waals surface area (Å²) in [5, 5.41) is 20.1. The van der Waals surface area contributed by atoms with Gasteiger partial charge in [-0.25, -0.2) is 4.79 Å². The number of rotatable bonds is 7. The number of hydrogen-bond acceptors (Lipinski definition) is 3. The lowest BCUT2D eigenvalue weighted by Crippen LogP contribution is -2.48. The van der Waals surface area contributed by atoms with Crippen LogP contribution in [-0.2, 0) is 11.2 Å². The quantitative estimate of drug-likeness (QED) is 0.686. The molecule has 110 valence electrons. The molecule has 6 heteroatoms. The number of urea groups is 1. The number of carboxylic acid groups (broad SMARTS) is 1. The summed E-state index contributed by atoms with van der Waals surface area (Å²) in [5.41, 5.74) is 1.08. The van der Waals surface area contributed by atoms with E-state index in [0.717, 1.165) is 5.56 Å². The Balaban J connectivity index is 2.55. The van der Waals surface area contributed by atoms with Crippen molar-refractivity contribution in [3.05, 3.63) is 35.9 Å². The van der Waals surface area contributed by atoms with Crippen molar-refractivity contribution in [2.45, 2.75) is 19.4 Å². The maximum atomic E-state index is 11.9. The topological polar surface area (TPSA) is 89.9 Å². The Kier molecular flexibility index (Phi) is 6.52. The summed E-state index contributed by atoms with van der Waals surface area (Å²) < 4.78 is 0. The van der Waals surface area contributed by atoms with E-state index in [1.807, 2.05) is 30.3 Å². The summed E-state index contributed by atoms with van der Waals surface area (Å²) in [6, 6.07) is 8.21. The van der Waals surface area contributed by atoms with Crippen LogP contribution in [0.3, 0.4) is 0 Å². The minimum Gasteiger partial charge on any atom is -0.480 e. The molecular weight excluding hydrogens is 260 g/mol. The first kappa shape index (κ1) is 16.0. The van der Waals surface area contributed by atoms with Gasteiger partial charge in [0.1, 0.15) is 6.04 Å². The fourth-order valence-corrected chi connectivity index (χ4v) is 1.68. The van der Waals surface area contributed by atoms with E-state index >= 15 is 0 Å². The lowest BCUT2D eigenvalue weighted by Gasteiger charge is -2.23. The van der Waals surface area contributed by atoms with Crippen molar-refractivity contribution in [2.24, 2.45) is 0 Å². The molecular formula is C14H20N2O4. The van der Waals surface area contributed by atoms with Gasteiger partial charge >= 0.3 is 12.0 Å². The first-order chi connectivity index (χ1) is 9.54. The van der Waals surface area contributed by atoms with E-state index in [1.54, 1.807) is 0 Å². The molecule has 0 aliphatic heterocycles. The van der Waals surface area contributed by atoms with Crippen molar-refractivity contribution in [3.63, 3.8) is 0 Å². The molecule has 0 aliphatic carbocycles. The molecule has 0 heterocycles. The van der Waals surface area contributed by atoms with Crippen LogP contribution in [0.25, 0.3) is 0 Å². The zero-order chi connectivity index (χ0) is 15.0. The fourth-order valence-electron chi connectivity index (χ4n) is 1.68. The molecule has 0 fully saturated rings. The smallest absolute Gasteiger partial charge is 0.325 e. The molecule has 20 heavy (non-hydrogen) atoms. The third-order valence-electron chi connectivity index (χ3n) is 2.88. The lowest BCUT2D eigenvalue weighted by atomic mass is 10.1. The third kappa shape index (κ3) is 5.27. The minimum atomic E-state index is -1.09. The molecule has 0 aromatic heterocycles. The number of amides is 2. The predicted molar refractivity (Wildman–Crippen MR) is 74.4 cm³/mol. The van der Waals surface area contributed by atoms with Crippen LogP contribution in [0.2, 0.25) is 0 Å². The maximum Gasteiger partial charge on any atom is 0.325 e. The predicted octanol–water partition coefficient (Wildman–Crippen LogP) is 0.706. The fraction of sp³-hybridized carbons (Fsp3) is 0.429. The van der Waals surface area contributed by atoms with Crippen molar-refractivity contribution in [2.75, 3.05) is 19.7 Å². The van der Waals surface area contributed by atoms with Crippen molar-refractivity contribution >= 4 is 12.0 Å². The lowest BCUT2D eigenvalue weighted by molar-refractivity contribution is -0.138. The number of aliphatic hydroxyl groups is 1. The van der Waals surface area contributed by atoms with Gasteiger partial charge in [-0.15, -0.1) is 0 Å². The van der Waals surface area contributed by atoms with Crippen LogP contribution >= 0.6 is 0 Å². The largest absolute Gasteiger partial charge is 0.480 e. The highest BCUT2D eigenvalue weighted by atomic mass is 16.4. The summed E-state index contributed by atoms with van der Waals surface area (Å²) in [5.74, 6) is -1.09. The summed E-state index contributed by atoms with van der Waals surface area (Å²) >= 11 is 0. The average molecular weight is 280 g/mol. The van der Waals surface area contributed by atoms with E-state index in [0.29, 0.717) is 13.0 Å². The van der Waals surface area contributed by atoms with Crippen LogP contribution in [0.1, 0.15) is 12.5 Å². The summed E-state index contributed by atoms with van der Waals surface area (Å²) in [6.07, 6.45) is 0.649. The number of carboxylic acids is 1. The van der Waals surface area contributed by atoms with Gasteiger partial charge in [-0.2, -0.15) is 0 Å². The summed E-state index contributed by atoms with van der Waals surface area (Å²) in [7, 11) is 0. The Labute approximate surface area is 118 Å². The number of carbonyl (C=O) groups excluding carboxylic acids is 1. The molecule has 3 N–H and O–H groups in total. The Morgan fingerprint density at radius 1 is 1.25 bits per heavy atom. The number of nitrogens with zero attached hydrogens (tertiary/aromatic N) is 1. The molecule has 1 aromatic rings. The normalized spacial score (nSPS) is 11.7. The second-order valence-corrected chi connectivity index (χ2v) is 4.46. The first-order valence-electron chi connectivity index (χ1n) is 6.47. The van der Waals surface area contributed by atoms with Gasteiger partial charge in [-0.3, -0.25) is 4.79 Å². The molecule has 0 spiro atoms. The molecule has 0 saturated heterocycles. The number of aliphatic hydroxyl groups excluding tert-OH is 1. The number of nitrogens with one attached hydrogen (secondary N) is 1. The van der Waals surface area contributed by atoms with Crippen molar-refractivity contribution in [1.82, 2.24) is 10.2 Å². The zero-order valence-electron chi connectivity index (χ0n) is 11.5. The van der Waals surface area contributed by atoms with Crippen LogP contribution in [0, 0.1) is 0 Å². The van der Waals surface area contributed by atoms with E-state index in [4.69, 9.17) is 10.2 Å². The third-order valence-corrected chi connectivity index (χ3v) is 2.88. The first-order valence-corrected chi connectivity index (χ1v) is 6.47. The van der Waals surface area contributed by atoms with E-state index in [9.17, 15) is 9.59 Å². The second kappa shape index (κ2) is 8.16. The standard InChI is InChI=1S/C14H20N2O4/c1-11(13(18)19)15-14(20)16(9-10-17)8-7-12-5-3-2-4-6-12/h2-6,11,17H,7-10H2,1H3,(H,15,20)(H,18,19)/t11-/m1/s1. The minimum absolute atomic E-state index is 0.163. The van der Waals surface area contributed by atoms with E-state index in [2.05, 4.69) is 5.32 Å². The van der Waals surface area contributed by atoms with Crippen LogP contribution < -0.4 is 5.32 Å². The SMILES string of the molecule is C[C@@H](NC(=O)N(CCO)CCc1ccccc1)C(=O)O. The molecule has 1 aromatic carbocycles. The molecule has 0 radical (unpaired) electrons. The van der Waals surface area contributed by atoms with Gasteiger partial charge in [0, 0.05) is 13.1 Å². The molecule has 1 rings (SSSR count). The Morgan fingerprint density at radius 2 is 1.90 bits per heavy atom. The van der Waals surface area contributed by atoms with Gasteiger partial charge in [0.15, 0.2) is 0 Å². The summed E-state index contributed by atoms with van der Waals surface area (Å²) in [6.45, 7) is 1.83. The zero-order valence-corrected chi connectivity index (χ0v) is 11.5. The van der Waals surface area contributed by atoms with Gasteiger partial charge < -0.3 is 20.4 Å². The van der Waals surface area contributed by atoms with Crippen molar-refractivity contribution in [3.8, 4) is 0 Å². The number of carbonyl (C=O) groups is 2. The molecule has 1 atom stereocenters.